The second kappa shape index (κ2) is 8.24. The van der Waals surface area contributed by atoms with Crippen molar-refractivity contribution in [2.24, 2.45) is 0 Å². The average molecular weight is 437 g/mol. The molecule has 0 fully saturated rings. The van der Waals surface area contributed by atoms with Gasteiger partial charge in [-0.3, -0.25) is 9.59 Å². The lowest BCUT2D eigenvalue weighted by atomic mass is 10.0. The van der Waals surface area contributed by atoms with Gasteiger partial charge in [-0.05, 0) is 66.6 Å². The zero-order valence-electron chi connectivity index (χ0n) is 16.8. The Hall–Kier alpha value is -3.64. The Morgan fingerprint density at radius 2 is 1.61 bits per heavy atom. The molecule has 0 saturated carbocycles. The van der Waals surface area contributed by atoms with E-state index in [9.17, 15) is 14.0 Å². The fourth-order valence-corrected chi connectivity index (χ4v) is 3.56. The van der Waals surface area contributed by atoms with Gasteiger partial charge in [0, 0.05) is 10.7 Å². The Balaban J connectivity index is 1.83. The number of aryl methyl sites for hydroxylation is 1. The summed E-state index contributed by atoms with van der Waals surface area (Å²) in [4.78, 5) is 28.0. The number of anilines is 2. The van der Waals surface area contributed by atoms with Gasteiger partial charge in [-0.15, -0.1) is 0 Å². The summed E-state index contributed by atoms with van der Waals surface area (Å²) < 4.78 is 18.5. The molecule has 5 nitrogen and oxygen atoms in total. The summed E-state index contributed by atoms with van der Waals surface area (Å²) in [5.74, 6) is -0.785. The number of amides is 2. The molecule has 0 atom stereocenters. The van der Waals surface area contributed by atoms with Gasteiger partial charge < -0.3 is 10.1 Å². The lowest BCUT2D eigenvalue weighted by Crippen LogP contribution is -2.33. The van der Waals surface area contributed by atoms with Gasteiger partial charge in [0.1, 0.15) is 17.3 Å². The molecular weight excluding hydrogens is 419 g/mol. The number of methoxy groups -OCH3 is 1. The molecular formula is C24H18ClFN2O3. The normalized spacial score (nSPS) is 13.7. The largest absolute Gasteiger partial charge is 0.497 e. The van der Waals surface area contributed by atoms with Crippen molar-refractivity contribution >= 4 is 40.4 Å². The summed E-state index contributed by atoms with van der Waals surface area (Å²) in [6.07, 6.45) is 0. The number of imide groups is 1. The first-order chi connectivity index (χ1) is 14.9. The van der Waals surface area contributed by atoms with Crippen LogP contribution >= 0.6 is 11.6 Å². The maximum atomic E-state index is 13.5. The SMILES string of the molecule is COc1ccc(C2=C(Nc3ccc(F)cc3)C(=O)N(c3cc(Cl)ccc3C)C2=O)cc1. The predicted octanol–water partition coefficient (Wildman–Crippen LogP) is 5.19. The molecule has 3 aromatic rings. The highest BCUT2D eigenvalue weighted by Gasteiger charge is 2.41. The molecule has 0 bridgehead atoms. The maximum Gasteiger partial charge on any atom is 0.282 e. The van der Waals surface area contributed by atoms with E-state index in [0.29, 0.717) is 27.7 Å². The number of hydrogen-bond donors (Lipinski definition) is 1. The number of halogens is 2. The van der Waals surface area contributed by atoms with Crippen LogP contribution in [0.1, 0.15) is 11.1 Å². The lowest BCUT2D eigenvalue weighted by molar-refractivity contribution is -0.120. The van der Waals surface area contributed by atoms with Crippen molar-refractivity contribution in [1.29, 1.82) is 0 Å². The Morgan fingerprint density at radius 3 is 2.26 bits per heavy atom. The van der Waals surface area contributed by atoms with E-state index in [4.69, 9.17) is 16.3 Å². The van der Waals surface area contributed by atoms with Crippen molar-refractivity contribution in [3.8, 4) is 5.75 Å². The molecule has 4 rings (SSSR count). The first-order valence-electron chi connectivity index (χ1n) is 9.45. The summed E-state index contributed by atoms with van der Waals surface area (Å²) in [6, 6.07) is 17.4. The average Bonchev–Trinajstić information content (AvgIpc) is 3.01. The first kappa shape index (κ1) is 20.6. The minimum absolute atomic E-state index is 0.0983. The van der Waals surface area contributed by atoms with E-state index in [0.717, 1.165) is 10.5 Å². The lowest BCUT2D eigenvalue weighted by Gasteiger charge is -2.18. The molecule has 0 aromatic heterocycles. The topological polar surface area (TPSA) is 58.6 Å². The minimum atomic E-state index is -0.523. The minimum Gasteiger partial charge on any atom is -0.497 e. The van der Waals surface area contributed by atoms with Gasteiger partial charge in [-0.25, -0.2) is 9.29 Å². The molecule has 0 unspecified atom stereocenters. The van der Waals surface area contributed by atoms with Crippen LogP contribution in [-0.4, -0.2) is 18.9 Å². The van der Waals surface area contributed by atoms with Crippen molar-refractivity contribution in [3.63, 3.8) is 0 Å². The highest BCUT2D eigenvalue weighted by Crippen LogP contribution is 2.36. The van der Waals surface area contributed by atoms with Crippen LogP contribution in [0.25, 0.3) is 5.57 Å². The number of benzene rings is 3. The molecule has 1 N–H and O–H groups in total. The maximum absolute atomic E-state index is 13.5. The van der Waals surface area contributed by atoms with E-state index in [1.165, 1.54) is 24.3 Å². The van der Waals surface area contributed by atoms with Crippen LogP contribution in [0.5, 0.6) is 5.75 Å². The van der Waals surface area contributed by atoms with Crippen LogP contribution in [0.2, 0.25) is 5.02 Å². The van der Waals surface area contributed by atoms with E-state index in [1.54, 1.807) is 56.5 Å². The molecule has 7 heteroatoms. The summed E-state index contributed by atoms with van der Waals surface area (Å²) in [6.45, 7) is 1.80. The van der Waals surface area contributed by atoms with Crippen LogP contribution in [0.15, 0.2) is 72.4 Å². The van der Waals surface area contributed by atoms with Gasteiger partial charge in [0.25, 0.3) is 11.8 Å². The van der Waals surface area contributed by atoms with Crippen molar-refractivity contribution in [2.45, 2.75) is 6.92 Å². The fourth-order valence-electron chi connectivity index (χ4n) is 3.39. The van der Waals surface area contributed by atoms with Crippen LogP contribution in [0.4, 0.5) is 15.8 Å². The number of nitrogens with one attached hydrogen (secondary N) is 1. The van der Waals surface area contributed by atoms with E-state index < -0.39 is 17.6 Å². The number of nitrogens with zero attached hydrogens (tertiary/aromatic N) is 1. The quantitative estimate of drug-likeness (QED) is 0.559. The number of ether oxygens (including phenoxy) is 1. The van der Waals surface area contributed by atoms with Crippen molar-refractivity contribution in [3.05, 3.63) is 94.4 Å². The number of hydrogen-bond acceptors (Lipinski definition) is 4. The molecule has 156 valence electrons. The van der Waals surface area contributed by atoms with Crippen molar-refractivity contribution in [2.75, 3.05) is 17.3 Å². The third-order valence-corrected chi connectivity index (χ3v) is 5.22. The number of carbonyl (C=O) groups is 2. The van der Waals surface area contributed by atoms with Gasteiger partial charge in [0.2, 0.25) is 0 Å². The van der Waals surface area contributed by atoms with Crippen LogP contribution in [0, 0.1) is 12.7 Å². The second-order valence-corrected chi connectivity index (χ2v) is 7.42. The third-order valence-electron chi connectivity index (χ3n) is 4.99. The molecule has 1 aliphatic heterocycles. The van der Waals surface area contributed by atoms with Gasteiger partial charge in [-0.2, -0.15) is 0 Å². The van der Waals surface area contributed by atoms with Crippen LogP contribution in [0.3, 0.4) is 0 Å². The Labute approximate surface area is 183 Å². The van der Waals surface area contributed by atoms with Crippen molar-refractivity contribution < 1.29 is 18.7 Å². The molecule has 1 aliphatic rings. The summed E-state index contributed by atoms with van der Waals surface area (Å²) in [5, 5.41) is 3.41. The molecule has 3 aromatic carbocycles. The zero-order chi connectivity index (χ0) is 22.1. The highest BCUT2D eigenvalue weighted by atomic mass is 35.5. The highest BCUT2D eigenvalue weighted by molar-refractivity contribution is 6.46. The third kappa shape index (κ3) is 3.90. The Bertz CT molecular complexity index is 1200. The van der Waals surface area contributed by atoms with Crippen LogP contribution in [-0.2, 0) is 9.59 Å². The van der Waals surface area contributed by atoms with Gasteiger partial charge in [-0.1, -0.05) is 29.8 Å². The van der Waals surface area contributed by atoms with E-state index in [1.807, 2.05) is 0 Å². The van der Waals surface area contributed by atoms with E-state index >= 15 is 0 Å². The summed E-state index contributed by atoms with van der Waals surface area (Å²) in [7, 11) is 1.55. The van der Waals surface area contributed by atoms with Crippen LogP contribution < -0.4 is 15.0 Å². The molecule has 0 saturated heterocycles. The molecule has 2 amide bonds. The second-order valence-electron chi connectivity index (χ2n) is 6.99. The van der Waals surface area contributed by atoms with Gasteiger partial charge in [0.05, 0.1) is 18.4 Å². The smallest absolute Gasteiger partial charge is 0.282 e. The first-order valence-corrected chi connectivity index (χ1v) is 9.83. The monoisotopic (exact) mass is 436 g/mol. The summed E-state index contributed by atoms with van der Waals surface area (Å²) in [5.41, 5.74) is 2.46. The Morgan fingerprint density at radius 1 is 0.935 bits per heavy atom. The van der Waals surface area contributed by atoms with E-state index in [2.05, 4.69) is 5.32 Å². The van der Waals surface area contributed by atoms with E-state index in [-0.39, 0.29) is 11.3 Å². The number of carbonyl (C=O) groups excluding carboxylic acids is 2. The fraction of sp³-hybridized carbons (Fsp3) is 0.0833. The molecule has 0 radical (unpaired) electrons. The molecule has 31 heavy (non-hydrogen) atoms. The van der Waals surface area contributed by atoms with Gasteiger partial charge in [0.15, 0.2) is 0 Å². The Kier molecular flexibility index (Phi) is 5.48. The zero-order valence-corrected chi connectivity index (χ0v) is 17.5. The standard InChI is InChI=1S/C24H18ClFN2O3/c1-14-3-6-16(25)13-20(14)28-23(29)21(15-4-11-19(31-2)12-5-15)22(24(28)30)27-18-9-7-17(26)8-10-18/h3-13,27H,1-2H3. The van der Waals surface area contributed by atoms with Gasteiger partial charge >= 0.3 is 0 Å². The molecule has 0 aliphatic carbocycles. The predicted molar refractivity (Wildman–Crippen MR) is 119 cm³/mol. The molecule has 0 spiro atoms. The summed E-state index contributed by atoms with van der Waals surface area (Å²) >= 11 is 6.13. The number of rotatable bonds is 5. The van der Waals surface area contributed by atoms with Crippen molar-refractivity contribution in [1.82, 2.24) is 0 Å². The molecule has 1 heterocycles.